The minimum Gasteiger partial charge on any atom is -0.496 e. The van der Waals surface area contributed by atoms with Gasteiger partial charge in [0.15, 0.2) is 0 Å². The Morgan fingerprint density at radius 2 is 1.95 bits per heavy atom. The number of methoxy groups -OCH3 is 1. The van der Waals surface area contributed by atoms with Crippen molar-refractivity contribution >= 4 is 45.4 Å². The molecule has 39 heavy (non-hydrogen) atoms. The molecule has 0 bridgehead atoms. The molecule has 0 radical (unpaired) electrons. The van der Waals surface area contributed by atoms with Crippen LogP contribution in [0.3, 0.4) is 0 Å². The van der Waals surface area contributed by atoms with E-state index in [1.807, 2.05) is 24.3 Å². The number of rotatable bonds is 10. The number of piperidine rings is 1. The molecule has 1 heterocycles. The van der Waals surface area contributed by atoms with E-state index in [-0.39, 0.29) is 18.9 Å². The Morgan fingerprint density at radius 1 is 1.23 bits per heavy atom. The number of esters is 1. The Balaban J connectivity index is 1.68. The van der Waals surface area contributed by atoms with Crippen molar-refractivity contribution in [1.82, 2.24) is 4.90 Å². The Kier molecular flexibility index (Phi) is 8.82. The fourth-order valence-corrected chi connectivity index (χ4v) is 5.64. The molecule has 11 heteroatoms. The SMILES string of the molecule is CCOC(=O)C(Cc1ccc(C(=N)N)cc1)N1CCCC(N(c2cc(OC)c3ccccc3c2)S(=O)O)C1=O. The van der Waals surface area contributed by atoms with Crippen LogP contribution in [0.2, 0.25) is 0 Å². The standard InChI is InChI=1S/C28H32N4O6S/c1-3-38-28(34)24(15-18-10-12-19(13-11-18)26(29)30)31-14-6-9-23(27(31)33)32(39(35)36)21-16-20-7-4-5-8-22(20)25(17-21)37-2/h4-5,7-8,10-13,16-17,23-24H,3,6,9,14-15H2,1-2H3,(H3,29,30)(H,35,36). The lowest BCUT2D eigenvalue weighted by atomic mass is 9.97. The average Bonchev–Trinajstić information content (AvgIpc) is 2.92. The Bertz CT molecular complexity index is 1400. The lowest BCUT2D eigenvalue weighted by Gasteiger charge is -2.40. The molecule has 4 N–H and O–H groups in total. The molecule has 3 aromatic rings. The molecule has 3 unspecified atom stereocenters. The van der Waals surface area contributed by atoms with E-state index >= 15 is 0 Å². The second kappa shape index (κ2) is 12.3. The first kappa shape index (κ1) is 28.1. The zero-order valence-corrected chi connectivity index (χ0v) is 22.6. The second-order valence-corrected chi connectivity index (χ2v) is 10.1. The molecule has 0 saturated carbocycles. The summed E-state index contributed by atoms with van der Waals surface area (Å²) in [6.45, 7) is 2.15. The number of nitrogens with one attached hydrogen (secondary N) is 1. The summed E-state index contributed by atoms with van der Waals surface area (Å²) in [5.74, 6) is -0.544. The number of carbonyl (C=O) groups excluding carboxylic acids is 2. The highest BCUT2D eigenvalue weighted by Crippen LogP contribution is 2.35. The molecule has 10 nitrogen and oxygen atoms in total. The predicted octanol–water partition coefficient (Wildman–Crippen LogP) is 3.24. The van der Waals surface area contributed by atoms with Crippen LogP contribution in [0, 0.1) is 5.41 Å². The first-order chi connectivity index (χ1) is 18.7. The molecule has 1 amide bonds. The number of carbonyl (C=O) groups is 2. The zero-order chi connectivity index (χ0) is 28.1. The van der Waals surface area contributed by atoms with Crippen LogP contribution in [-0.4, -0.2) is 63.7 Å². The van der Waals surface area contributed by atoms with Crippen LogP contribution in [0.25, 0.3) is 10.8 Å². The number of hydrogen-bond donors (Lipinski definition) is 3. The summed E-state index contributed by atoms with van der Waals surface area (Å²) in [5, 5.41) is 9.22. The summed E-state index contributed by atoms with van der Waals surface area (Å²) in [5.41, 5.74) is 7.22. The second-order valence-electron chi connectivity index (χ2n) is 9.20. The lowest BCUT2D eigenvalue weighted by molar-refractivity contribution is -0.156. The highest BCUT2D eigenvalue weighted by Gasteiger charge is 2.41. The van der Waals surface area contributed by atoms with Crippen molar-refractivity contribution in [2.75, 3.05) is 24.6 Å². The van der Waals surface area contributed by atoms with E-state index in [9.17, 15) is 18.4 Å². The predicted molar refractivity (Wildman–Crippen MR) is 150 cm³/mol. The number of nitrogens with zero attached hydrogens (tertiary/aromatic N) is 2. The van der Waals surface area contributed by atoms with Crippen molar-refractivity contribution in [3.63, 3.8) is 0 Å². The van der Waals surface area contributed by atoms with Crippen LogP contribution >= 0.6 is 0 Å². The minimum absolute atomic E-state index is 0.0695. The zero-order valence-electron chi connectivity index (χ0n) is 21.8. The number of ether oxygens (including phenoxy) is 2. The van der Waals surface area contributed by atoms with Gasteiger partial charge in [0.25, 0.3) is 11.3 Å². The fourth-order valence-electron chi connectivity index (χ4n) is 4.95. The van der Waals surface area contributed by atoms with Crippen molar-refractivity contribution in [1.29, 1.82) is 5.41 Å². The van der Waals surface area contributed by atoms with E-state index in [4.69, 9.17) is 20.6 Å². The van der Waals surface area contributed by atoms with E-state index in [1.165, 1.54) is 16.3 Å². The summed E-state index contributed by atoms with van der Waals surface area (Å²) < 4.78 is 35.1. The normalized spacial score (nSPS) is 16.9. The summed E-state index contributed by atoms with van der Waals surface area (Å²) in [7, 11) is 1.52. The first-order valence-corrected chi connectivity index (χ1v) is 13.7. The maximum atomic E-state index is 13.9. The molecule has 206 valence electrons. The maximum Gasteiger partial charge on any atom is 0.329 e. The molecule has 1 aliphatic heterocycles. The summed E-state index contributed by atoms with van der Waals surface area (Å²) in [4.78, 5) is 28.4. The van der Waals surface area contributed by atoms with Gasteiger partial charge < -0.3 is 20.1 Å². The van der Waals surface area contributed by atoms with Gasteiger partial charge in [-0.25, -0.2) is 9.00 Å². The van der Waals surface area contributed by atoms with E-state index in [2.05, 4.69) is 0 Å². The molecule has 0 spiro atoms. The number of nitrogens with two attached hydrogens (primary N) is 1. The monoisotopic (exact) mass is 552 g/mol. The first-order valence-electron chi connectivity index (χ1n) is 12.6. The molecule has 1 fully saturated rings. The minimum atomic E-state index is -2.53. The van der Waals surface area contributed by atoms with Crippen LogP contribution in [0.5, 0.6) is 5.75 Å². The summed E-state index contributed by atoms with van der Waals surface area (Å²) in [6, 6.07) is 15.8. The number of hydrogen-bond acceptors (Lipinski definition) is 6. The summed E-state index contributed by atoms with van der Waals surface area (Å²) >= 11 is -2.53. The van der Waals surface area contributed by atoms with Gasteiger partial charge in [0.05, 0.1) is 19.4 Å². The number of anilines is 1. The molecule has 3 atom stereocenters. The molecule has 0 aromatic heterocycles. The molecule has 1 aliphatic rings. The number of benzene rings is 3. The number of fused-ring (bicyclic) bond motifs is 1. The number of nitrogen functional groups attached to an aromatic ring is 1. The smallest absolute Gasteiger partial charge is 0.329 e. The van der Waals surface area contributed by atoms with Gasteiger partial charge in [-0.15, -0.1) is 0 Å². The molecular weight excluding hydrogens is 520 g/mol. The number of amidine groups is 1. The van der Waals surface area contributed by atoms with E-state index in [0.29, 0.717) is 36.4 Å². The molecular formula is C28H32N4O6S. The van der Waals surface area contributed by atoms with Gasteiger partial charge in [-0.3, -0.25) is 19.1 Å². The molecule has 4 rings (SSSR count). The highest BCUT2D eigenvalue weighted by atomic mass is 32.2. The third-order valence-corrected chi connectivity index (χ3v) is 7.61. The van der Waals surface area contributed by atoms with Crippen molar-refractivity contribution < 1.29 is 27.8 Å². The van der Waals surface area contributed by atoms with Crippen molar-refractivity contribution in [3.05, 3.63) is 71.8 Å². The van der Waals surface area contributed by atoms with Crippen molar-refractivity contribution in [2.24, 2.45) is 5.73 Å². The average molecular weight is 553 g/mol. The van der Waals surface area contributed by atoms with E-state index in [0.717, 1.165) is 16.3 Å². The number of likely N-dealkylation sites (tertiary alicyclic amines) is 1. The molecule has 3 aromatic carbocycles. The van der Waals surface area contributed by atoms with E-state index < -0.39 is 35.2 Å². The Hall–Kier alpha value is -3.96. The lowest BCUT2D eigenvalue weighted by Crippen LogP contribution is -2.58. The van der Waals surface area contributed by atoms with Gasteiger partial charge in [0.2, 0.25) is 5.91 Å². The number of amides is 1. The topological polar surface area (TPSA) is 146 Å². The molecule has 0 aliphatic carbocycles. The largest absolute Gasteiger partial charge is 0.496 e. The van der Waals surface area contributed by atoms with Gasteiger partial charge in [-0.1, -0.05) is 48.5 Å². The van der Waals surface area contributed by atoms with Gasteiger partial charge in [0, 0.05) is 30.0 Å². The van der Waals surface area contributed by atoms with Gasteiger partial charge in [-0.05, 0) is 36.8 Å². The van der Waals surface area contributed by atoms with Gasteiger partial charge in [0.1, 0.15) is 23.7 Å². The maximum absolute atomic E-state index is 13.9. The van der Waals surface area contributed by atoms with Crippen LogP contribution in [-0.2, 0) is 32.0 Å². The third kappa shape index (κ3) is 6.04. The quantitative estimate of drug-likeness (QED) is 0.151. The summed E-state index contributed by atoms with van der Waals surface area (Å²) in [6.07, 6.45) is 1.04. The van der Waals surface area contributed by atoms with Gasteiger partial charge >= 0.3 is 5.97 Å². The Morgan fingerprint density at radius 3 is 2.59 bits per heavy atom. The van der Waals surface area contributed by atoms with Crippen LogP contribution in [0.4, 0.5) is 5.69 Å². The third-order valence-electron chi connectivity index (χ3n) is 6.81. The Labute approximate surface area is 229 Å². The van der Waals surface area contributed by atoms with Crippen LogP contribution in [0.15, 0.2) is 60.7 Å². The molecule has 1 saturated heterocycles. The van der Waals surface area contributed by atoms with Gasteiger partial charge in [-0.2, -0.15) is 0 Å². The van der Waals surface area contributed by atoms with Crippen LogP contribution in [0.1, 0.15) is 30.9 Å². The fraction of sp³-hybridized carbons (Fsp3) is 0.321. The van der Waals surface area contributed by atoms with Crippen molar-refractivity contribution in [2.45, 2.75) is 38.3 Å². The van der Waals surface area contributed by atoms with E-state index in [1.54, 1.807) is 43.3 Å². The van der Waals surface area contributed by atoms with Crippen LogP contribution < -0.4 is 14.8 Å². The highest BCUT2D eigenvalue weighted by molar-refractivity contribution is 7.80. The van der Waals surface area contributed by atoms with Crippen molar-refractivity contribution in [3.8, 4) is 5.75 Å².